The lowest BCUT2D eigenvalue weighted by atomic mass is 9.96. The normalized spacial score (nSPS) is 20.0. The topological polar surface area (TPSA) is 70.0 Å². The van der Waals surface area contributed by atoms with Gasteiger partial charge in [0.25, 0.3) is 0 Å². The smallest absolute Gasteiger partial charge is 0.407 e. The minimum absolute atomic E-state index is 0.0544. The molecule has 6 heteroatoms. The highest BCUT2D eigenvalue weighted by Gasteiger charge is 2.52. The number of hydrogen-bond acceptors (Lipinski definition) is 3. The van der Waals surface area contributed by atoms with Gasteiger partial charge in [-0.15, -0.1) is 0 Å². The van der Waals surface area contributed by atoms with Crippen molar-refractivity contribution in [3.8, 4) is 0 Å². The number of hydrogen-bond donors (Lipinski definition) is 2. The van der Waals surface area contributed by atoms with Gasteiger partial charge in [0.15, 0.2) is 8.32 Å². The van der Waals surface area contributed by atoms with Crippen molar-refractivity contribution in [2.45, 2.75) is 44.5 Å². The molecule has 0 spiro atoms. The maximum absolute atomic E-state index is 10.7. The fraction of sp³-hybridized carbons (Fsp3) is 0.909. The predicted molar refractivity (Wildman–Crippen MR) is 67.7 cm³/mol. The summed E-state index contributed by atoms with van der Waals surface area (Å²) in [5.41, 5.74) is -0.679. The molecule has 0 radical (unpaired) electrons. The zero-order chi connectivity index (χ0) is 13.5. The van der Waals surface area contributed by atoms with E-state index in [0.29, 0.717) is 0 Å². The Morgan fingerprint density at radius 1 is 1.41 bits per heavy atom. The first kappa shape index (κ1) is 14.5. The van der Waals surface area contributed by atoms with Crippen LogP contribution < -0.4 is 0 Å². The van der Waals surface area contributed by atoms with Gasteiger partial charge >= 0.3 is 6.09 Å². The van der Waals surface area contributed by atoms with Crippen LogP contribution in [-0.4, -0.2) is 54.8 Å². The van der Waals surface area contributed by atoms with E-state index in [9.17, 15) is 9.90 Å². The van der Waals surface area contributed by atoms with E-state index in [2.05, 4.69) is 33.9 Å². The molecule has 1 aliphatic rings. The van der Waals surface area contributed by atoms with Crippen LogP contribution in [0.25, 0.3) is 0 Å². The lowest BCUT2D eigenvalue weighted by Gasteiger charge is -2.53. The van der Waals surface area contributed by atoms with E-state index in [-0.39, 0.29) is 24.7 Å². The Labute approximate surface area is 104 Å². The molecule has 17 heavy (non-hydrogen) atoms. The van der Waals surface area contributed by atoms with Crippen LogP contribution >= 0.6 is 0 Å². The SMILES string of the molecule is CC(C)(C)[Si](C)(C)OC1(CO)CN(C(=O)O)C1. The average molecular weight is 261 g/mol. The highest BCUT2D eigenvalue weighted by molar-refractivity contribution is 6.74. The van der Waals surface area contributed by atoms with Crippen molar-refractivity contribution in [1.29, 1.82) is 0 Å². The highest BCUT2D eigenvalue weighted by atomic mass is 28.4. The first-order valence-electron chi connectivity index (χ1n) is 5.82. The van der Waals surface area contributed by atoms with Gasteiger partial charge in [0.05, 0.1) is 19.7 Å². The van der Waals surface area contributed by atoms with Gasteiger partial charge in [0.1, 0.15) is 5.60 Å². The summed E-state index contributed by atoms with van der Waals surface area (Å²) < 4.78 is 6.14. The van der Waals surface area contributed by atoms with Gasteiger partial charge in [-0.3, -0.25) is 0 Å². The third-order valence-electron chi connectivity index (χ3n) is 3.79. The van der Waals surface area contributed by atoms with E-state index in [0.717, 1.165) is 0 Å². The summed E-state index contributed by atoms with van der Waals surface area (Å²) in [4.78, 5) is 12.0. The third-order valence-corrected chi connectivity index (χ3v) is 8.35. The predicted octanol–water partition coefficient (Wildman–Crippen LogP) is 1.73. The number of amides is 1. The summed E-state index contributed by atoms with van der Waals surface area (Å²) in [6.45, 7) is 11.0. The maximum atomic E-state index is 10.7. The van der Waals surface area contributed by atoms with Crippen molar-refractivity contribution in [1.82, 2.24) is 4.90 Å². The van der Waals surface area contributed by atoms with Crippen LogP contribution in [0.5, 0.6) is 0 Å². The van der Waals surface area contributed by atoms with Crippen molar-refractivity contribution >= 4 is 14.4 Å². The van der Waals surface area contributed by atoms with Gasteiger partial charge in [-0.05, 0) is 18.1 Å². The number of carbonyl (C=O) groups is 1. The van der Waals surface area contributed by atoms with E-state index < -0.39 is 20.0 Å². The molecule has 5 nitrogen and oxygen atoms in total. The lowest BCUT2D eigenvalue weighted by molar-refractivity contribution is -0.102. The molecule has 0 aromatic rings. The molecule has 0 aliphatic carbocycles. The fourth-order valence-corrected chi connectivity index (χ4v) is 3.26. The molecule has 0 atom stereocenters. The Morgan fingerprint density at radius 2 is 1.88 bits per heavy atom. The molecular formula is C11H23NO4Si. The zero-order valence-corrected chi connectivity index (χ0v) is 12.3. The molecule has 0 unspecified atom stereocenters. The van der Waals surface area contributed by atoms with Gasteiger partial charge in [-0.25, -0.2) is 4.79 Å². The van der Waals surface area contributed by atoms with Crippen molar-refractivity contribution in [3.05, 3.63) is 0 Å². The molecule has 0 saturated carbocycles. The zero-order valence-electron chi connectivity index (χ0n) is 11.3. The Morgan fingerprint density at radius 3 is 2.18 bits per heavy atom. The van der Waals surface area contributed by atoms with Gasteiger partial charge in [-0.2, -0.15) is 0 Å². The second-order valence-electron chi connectivity index (χ2n) is 6.34. The first-order chi connectivity index (χ1) is 7.53. The van der Waals surface area contributed by atoms with Crippen LogP contribution in [0.3, 0.4) is 0 Å². The van der Waals surface area contributed by atoms with Gasteiger partial charge in [0, 0.05) is 0 Å². The van der Waals surface area contributed by atoms with E-state index >= 15 is 0 Å². The van der Waals surface area contributed by atoms with Gasteiger partial charge in [0.2, 0.25) is 0 Å². The third kappa shape index (κ3) is 2.81. The lowest BCUT2D eigenvalue weighted by Crippen LogP contribution is -2.69. The first-order valence-corrected chi connectivity index (χ1v) is 8.73. The number of carboxylic acid groups (broad SMARTS) is 1. The molecule has 1 heterocycles. The average Bonchev–Trinajstić information content (AvgIpc) is 2.08. The molecule has 1 amide bonds. The monoisotopic (exact) mass is 261 g/mol. The minimum atomic E-state index is -1.97. The Bertz CT molecular complexity index is 305. The van der Waals surface area contributed by atoms with Gasteiger partial charge < -0.3 is 19.5 Å². The molecule has 0 aromatic carbocycles. The summed E-state index contributed by atoms with van der Waals surface area (Å²) in [6.07, 6.45) is -0.951. The van der Waals surface area contributed by atoms with Crippen LogP contribution in [-0.2, 0) is 4.43 Å². The molecule has 2 N–H and O–H groups in total. The van der Waals surface area contributed by atoms with Crippen LogP contribution in [0.2, 0.25) is 18.1 Å². The Balaban J connectivity index is 2.70. The van der Waals surface area contributed by atoms with Crippen LogP contribution in [0.15, 0.2) is 0 Å². The Hall–Kier alpha value is -0.593. The highest BCUT2D eigenvalue weighted by Crippen LogP contribution is 2.41. The number of rotatable bonds is 3. The minimum Gasteiger partial charge on any atom is -0.465 e. The molecule has 0 aromatic heterocycles. The second-order valence-corrected chi connectivity index (χ2v) is 11.1. The summed E-state index contributed by atoms with van der Waals surface area (Å²) in [5, 5.41) is 18.3. The number of aliphatic hydroxyl groups excluding tert-OH is 1. The van der Waals surface area contributed by atoms with Crippen molar-refractivity contribution in [2.24, 2.45) is 0 Å². The fourth-order valence-electron chi connectivity index (χ4n) is 1.68. The summed E-state index contributed by atoms with van der Waals surface area (Å²) in [5.74, 6) is 0. The van der Waals surface area contributed by atoms with E-state index in [4.69, 9.17) is 9.53 Å². The second kappa shape index (κ2) is 4.26. The van der Waals surface area contributed by atoms with E-state index in [1.165, 1.54) is 4.90 Å². The molecule has 1 rings (SSSR count). The molecule has 1 saturated heterocycles. The van der Waals surface area contributed by atoms with Crippen molar-refractivity contribution in [2.75, 3.05) is 19.7 Å². The molecule has 100 valence electrons. The quantitative estimate of drug-likeness (QED) is 0.759. The largest absolute Gasteiger partial charge is 0.465 e. The number of nitrogens with zero attached hydrogens (tertiary/aromatic N) is 1. The maximum Gasteiger partial charge on any atom is 0.407 e. The summed E-state index contributed by atoms with van der Waals surface area (Å²) in [6, 6.07) is 0. The van der Waals surface area contributed by atoms with Crippen LogP contribution in [0.1, 0.15) is 20.8 Å². The molecule has 1 fully saturated rings. The molecule has 1 aliphatic heterocycles. The standard InChI is InChI=1S/C11H23NO4Si/c1-10(2,3)17(4,5)16-11(8-13)6-12(7-11)9(14)15/h13H,6-8H2,1-5H3,(H,14,15). The number of aliphatic hydroxyl groups is 1. The van der Waals surface area contributed by atoms with E-state index in [1.54, 1.807) is 0 Å². The molecule has 0 bridgehead atoms. The Kier molecular flexibility index (Phi) is 3.62. The molecular weight excluding hydrogens is 238 g/mol. The van der Waals surface area contributed by atoms with Crippen LogP contribution in [0, 0.1) is 0 Å². The number of likely N-dealkylation sites (tertiary alicyclic amines) is 1. The van der Waals surface area contributed by atoms with Crippen molar-refractivity contribution < 1.29 is 19.4 Å². The summed E-state index contributed by atoms with van der Waals surface area (Å²) in [7, 11) is -1.97. The van der Waals surface area contributed by atoms with Gasteiger partial charge in [-0.1, -0.05) is 20.8 Å². The summed E-state index contributed by atoms with van der Waals surface area (Å²) >= 11 is 0. The van der Waals surface area contributed by atoms with Crippen molar-refractivity contribution in [3.63, 3.8) is 0 Å². The van der Waals surface area contributed by atoms with Crippen LogP contribution in [0.4, 0.5) is 4.79 Å². The van der Waals surface area contributed by atoms with E-state index in [1.807, 2.05) is 0 Å².